The van der Waals surface area contributed by atoms with E-state index in [-0.39, 0.29) is 12.6 Å². The molecule has 176 valence electrons. The maximum absolute atomic E-state index is 11.5. The van der Waals surface area contributed by atoms with Crippen molar-refractivity contribution in [3.63, 3.8) is 0 Å². The summed E-state index contributed by atoms with van der Waals surface area (Å²) in [6, 6.07) is 6.59. The van der Waals surface area contributed by atoms with Crippen LogP contribution in [0.15, 0.2) is 45.7 Å². The third-order valence-electron chi connectivity index (χ3n) is 5.81. The van der Waals surface area contributed by atoms with E-state index in [0.29, 0.717) is 12.5 Å². The Morgan fingerprint density at radius 3 is 2.85 bits per heavy atom. The SMILES string of the molecule is CCC/C(=N\OCC(=O)OCC)C1CCN(Cc2ccc3c(c2)Nc2nccnc2S3)CC1. The summed E-state index contributed by atoms with van der Waals surface area (Å²) in [5.74, 6) is 0.848. The lowest BCUT2D eigenvalue weighted by Gasteiger charge is -2.32. The van der Waals surface area contributed by atoms with Gasteiger partial charge in [0, 0.05) is 29.8 Å². The number of aromatic nitrogens is 2. The summed E-state index contributed by atoms with van der Waals surface area (Å²) >= 11 is 1.65. The molecule has 1 fully saturated rings. The van der Waals surface area contributed by atoms with E-state index in [0.717, 1.165) is 67.6 Å². The minimum Gasteiger partial charge on any atom is -0.463 e. The normalized spacial score (nSPS) is 16.5. The van der Waals surface area contributed by atoms with Crippen molar-refractivity contribution in [2.75, 3.05) is 31.6 Å². The zero-order chi connectivity index (χ0) is 23.0. The Balaban J connectivity index is 1.30. The van der Waals surface area contributed by atoms with E-state index in [2.05, 4.69) is 50.5 Å². The molecule has 0 unspecified atom stereocenters. The first-order chi connectivity index (χ1) is 16.2. The van der Waals surface area contributed by atoms with Gasteiger partial charge in [-0.05, 0) is 57.0 Å². The van der Waals surface area contributed by atoms with Gasteiger partial charge >= 0.3 is 5.97 Å². The molecule has 33 heavy (non-hydrogen) atoms. The molecular formula is C24H31N5O3S. The van der Waals surface area contributed by atoms with Crippen LogP contribution >= 0.6 is 11.8 Å². The number of oxime groups is 1. The van der Waals surface area contributed by atoms with Crippen molar-refractivity contribution in [1.29, 1.82) is 0 Å². The topological polar surface area (TPSA) is 88.9 Å². The fourth-order valence-corrected chi connectivity index (χ4v) is 5.09. The quantitative estimate of drug-likeness (QED) is 0.276. The van der Waals surface area contributed by atoms with E-state index in [9.17, 15) is 4.79 Å². The molecule has 1 N–H and O–H groups in total. The molecule has 0 radical (unpaired) electrons. The fraction of sp³-hybridized carbons (Fsp3) is 0.500. The molecule has 0 spiro atoms. The van der Waals surface area contributed by atoms with Crippen molar-refractivity contribution in [2.45, 2.75) is 56.0 Å². The molecule has 1 aromatic heterocycles. The summed E-state index contributed by atoms with van der Waals surface area (Å²) in [6.07, 6.45) is 7.43. The standard InChI is InChI=1S/C24H31N5O3S/c1-3-5-19(28-32-16-22(30)31-4-2)18-8-12-29(13-9-18)15-17-6-7-21-20(14-17)27-23-24(33-21)26-11-10-25-23/h6-7,10-11,14,18H,3-5,8-9,12-13,15-16H2,1-2H3,(H,25,27)/b28-19+. The Bertz CT molecular complexity index is 992. The minimum atomic E-state index is -0.375. The molecule has 1 aromatic carbocycles. The van der Waals surface area contributed by atoms with Crippen molar-refractivity contribution < 1.29 is 14.4 Å². The first-order valence-electron chi connectivity index (χ1n) is 11.6. The van der Waals surface area contributed by atoms with Crippen molar-refractivity contribution in [3.05, 3.63) is 36.2 Å². The van der Waals surface area contributed by atoms with Crippen molar-refractivity contribution in [1.82, 2.24) is 14.9 Å². The van der Waals surface area contributed by atoms with E-state index < -0.39 is 0 Å². The van der Waals surface area contributed by atoms with Gasteiger partial charge in [-0.1, -0.05) is 36.3 Å². The van der Waals surface area contributed by atoms with Gasteiger partial charge in [0.15, 0.2) is 5.82 Å². The van der Waals surface area contributed by atoms with Crippen LogP contribution in [-0.4, -0.2) is 52.9 Å². The average Bonchev–Trinajstić information content (AvgIpc) is 2.83. The number of piperidine rings is 1. The predicted molar refractivity (Wildman–Crippen MR) is 129 cm³/mol. The molecule has 4 rings (SSSR count). The van der Waals surface area contributed by atoms with Crippen LogP contribution in [0.1, 0.15) is 45.1 Å². The smallest absolute Gasteiger partial charge is 0.347 e. The van der Waals surface area contributed by atoms with Gasteiger partial charge in [-0.3, -0.25) is 4.90 Å². The van der Waals surface area contributed by atoms with Crippen LogP contribution in [-0.2, 0) is 20.9 Å². The van der Waals surface area contributed by atoms with Gasteiger partial charge in [0.05, 0.1) is 18.0 Å². The highest BCUT2D eigenvalue weighted by molar-refractivity contribution is 7.99. The van der Waals surface area contributed by atoms with Crippen LogP contribution in [0.4, 0.5) is 11.5 Å². The molecule has 2 aromatic rings. The number of rotatable bonds is 9. The first-order valence-corrected chi connectivity index (χ1v) is 12.4. The summed E-state index contributed by atoms with van der Waals surface area (Å²) < 4.78 is 4.90. The number of anilines is 2. The molecule has 0 saturated carbocycles. The van der Waals surface area contributed by atoms with E-state index in [1.807, 2.05) is 0 Å². The number of hydrogen-bond acceptors (Lipinski definition) is 9. The van der Waals surface area contributed by atoms with Gasteiger partial charge in [0.1, 0.15) is 5.03 Å². The third kappa shape index (κ3) is 6.23. The Morgan fingerprint density at radius 2 is 2.06 bits per heavy atom. The molecule has 2 aliphatic heterocycles. The molecule has 0 aliphatic carbocycles. The fourth-order valence-electron chi connectivity index (χ4n) is 4.21. The highest BCUT2D eigenvalue weighted by Crippen LogP contribution is 2.42. The second-order valence-electron chi connectivity index (χ2n) is 8.23. The Kier molecular flexibility index (Phi) is 8.17. The number of nitrogens with zero attached hydrogens (tertiary/aromatic N) is 4. The average molecular weight is 470 g/mol. The summed E-state index contributed by atoms with van der Waals surface area (Å²) in [4.78, 5) is 29.2. The van der Waals surface area contributed by atoms with Crippen LogP contribution in [0.5, 0.6) is 0 Å². The summed E-state index contributed by atoms with van der Waals surface area (Å²) in [5, 5.41) is 8.64. The van der Waals surface area contributed by atoms with E-state index in [4.69, 9.17) is 9.57 Å². The van der Waals surface area contributed by atoms with Crippen LogP contribution in [0.25, 0.3) is 0 Å². The number of carbonyl (C=O) groups is 1. The number of benzene rings is 1. The predicted octanol–water partition coefficient (Wildman–Crippen LogP) is 4.63. The summed E-state index contributed by atoms with van der Waals surface area (Å²) in [7, 11) is 0. The highest BCUT2D eigenvalue weighted by Gasteiger charge is 2.24. The molecule has 0 amide bonds. The maximum atomic E-state index is 11.5. The zero-order valence-electron chi connectivity index (χ0n) is 19.2. The number of ether oxygens (including phenoxy) is 1. The number of nitrogens with one attached hydrogen (secondary N) is 1. The summed E-state index contributed by atoms with van der Waals surface area (Å²) in [6.45, 7) is 7.09. The molecular weight excluding hydrogens is 438 g/mol. The van der Waals surface area contributed by atoms with E-state index in [1.54, 1.807) is 31.1 Å². The monoisotopic (exact) mass is 469 g/mol. The number of likely N-dealkylation sites (tertiary alicyclic amines) is 1. The van der Waals surface area contributed by atoms with Gasteiger partial charge in [0.2, 0.25) is 6.61 Å². The molecule has 9 heteroatoms. The number of carbonyl (C=O) groups excluding carboxylic acids is 1. The second-order valence-corrected chi connectivity index (χ2v) is 9.26. The van der Waals surface area contributed by atoms with Gasteiger partial charge in [-0.2, -0.15) is 0 Å². The maximum Gasteiger partial charge on any atom is 0.347 e. The highest BCUT2D eigenvalue weighted by atomic mass is 32.2. The Morgan fingerprint density at radius 1 is 1.24 bits per heavy atom. The number of hydrogen-bond donors (Lipinski definition) is 1. The van der Waals surface area contributed by atoms with Gasteiger partial charge in [0.25, 0.3) is 0 Å². The zero-order valence-corrected chi connectivity index (χ0v) is 20.1. The molecule has 1 saturated heterocycles. The Labute approximate surface area is 199 Å². The molecule has 0 atom stereocenters. The van der Waals surface area contributed by atoms with Gasteiger partial charge < -0.3 is 14.9 Å². The van der Waals surface area contributed by atoms with Crippen molar-refractivity contribution in [3.8, 4) is 0 Å². The molecule has 3 heterocycles. The van der Waals surface area contributed by atoms with E-state index >= 15 is 0 Å². The number of fused-ring (bicyclic) bond motifs is 2. The van der Waals surface area contributed by atoms with E-state index in [1.165, 1.54) is 10.5 Å². The number of esters is 1. The second kappa shape index (κ2) is 11.5. The van der Waals surface area contributed by atoms with Gasteiger partial charge in [-0.15, -0.1) is 0 Å². The lowest BCUT2D eigenvalue weighted by Crippen LogP contribution is -2.36. The van der Waals surface area contributed by atoms with Crippen LogP contribution in [0.2, 0.25) is 0 Å². The summed E-state index contributed by atoms with van der Waals surface area (Å²) in [5.41, 5.74) is 3.44. The first kappa shape index (κ1) is 23.5. The molecule has 8 nitrogen and oxygen atoms in total. The van der Waals surface area contributed by atoms with Crippen molar-refractivity contribution >= 4 is 34.9 Å². The third-order valence-corrected chi connectivity index (χ3v) is 6.88. The largest absolute Gasteiger partial charge is 0.463 e. The van der Waals surface area contributed by atoms with Crippen molar-refractivity contribution in [2.24, 2.45) is 11.1 Å². The Hall–Kier alpha value is -2.65. The van der Waals surface area contributed by atoms with Gasteiger partial charge in [-0.25, -0.2) is 14.8 Å². The minimum absolute atomic E-state index is 0.124. The molecule has 2 aliphatic rings. The van der Waals surface area contributed by atoms with Crippen LogP contribution < -0.4 is 5.32 Å². The lowest BCUT2D eigenvalue weighted by molar-refractivity contribution is -0.148. The molecule has 0 bridgehead atoms. The van der Waals surface area contributed by atoms with Crippen LogP contribution in [0.3, 0.4) is 0 Å². The van der Waals surface area contributed by atoms with Crippen LogP contribution in [0, 0.1) is 5.92 Å². The lowest BCUT2D eigenvalue weighted by atomic mass is 9.89.